The molecule has 0 radical (unpaired) electrons. The Morgan fingerprint density at radius 1 is 1.90 bits per heavy atom. The number of nitrogens with two attached hydrogens (primary N) is 1. The van der Waals surface area contributed by atoms with E-state index in [2.05, 4.69) is 5.32 Å². The van der Waals surface area contributed by atoms with E-state index < -0.39 is 5.91 Å². The van der Waals surface area contributed by atoms with E-state index in [1.54, 1.807) is 0 Å². The van der Waals surface area contributed by atoms with Crippen LogP contribution in [0.3, 0.4) is 0 Å². The van der Waals surface area contributed by atoms with Gasteiger partial charge in [-0.05, 0) is 6.42 Å². The third-order valence-electron chi connectivity index (χ3n) is 1.09. The highest BCUT2D eigenvalue weighted by molar-refractivity contribution is 5.75. The van der Waals surface area contributed by atoms with Gasteiger partial charge in [0.1, 0.15) is 0 Å². The summed E-state index contributed by atoms with van der Waals surface area (Å²) >= 11 is 0. The molecule has 0 spiro atoms. The first-order valence-electron chi connectivity index (χ1n) is 3.12. The molecular formula is C6H11N3O. The number of nitriles is 1. The van der Waals surface area contributed by atoms with E-state index in [0.29, 0.717) is 6.42 Å². The van der Waals surface area contributed by atoms with Gasteiger partial charge in [0.05, 0.1) is 18.7 Å². The van der Waals surface area contributed by atoms with Crippen LogP contribution in [0.25, 0.3) is 0 Å². The number of amides is 1. The molecule has 4 nitrogen and oxygen atoms in total. The number of hydrogen-bond donors (Lipinski definition) is 2. The highest BCUT2D eigenvalue weighted by Gasteiger charge is 2.02. The summed E-state index contributed by atoms with van der Waals surface area (Å²) in [5, 5.41) is 11.1. The summed E-state index contributed by atoms with van der Waals surface area (Å²) in [6, 6.07) is 1.73. The maximum Gasteiger partial charge on any atom is 0.231 e. The molecule has 10 heavy (non-hydrogen) atoms. The van der Waals surface area contributed by atoms with Crippen LogP contribution >= 0.6 is 0 Å². The molecule has 56 valence electrons. The van der Waals surface area contributed by atoms with E-state index in [9.17, 15) is 4.79 Å². The quantitative estimate of drug-likeness (QED) is 0.546. The zero-order valence-corrected chi connectivity index (χ0v) is 5.92. The normalized spacial score (nSPS) is 12.0. The van der Waals surface area contributed by atoms with Gasteiger partial charge in [-0.15, -0.1) is 0 Å². The fraction of sp³-hybridized carbons (Fsp3) is 0.667. The molecule has 0 rings (SSSR count). The molecule has 0 aromatic carbocycles. The SMILES string of the molecule is CCC(C#N)NCC(N)=O. The van der Waals surface area contributed by atoms with Crippen molar-refractivity contribution in [1.29, 1.82) is 5.26 Å². The fourth-order valence-electron chi connectivity index (χ4n) is 0.505. The number of primary amides is 1. The maximum absolute atomic E-state index is 10.2. The van der Waals surface area contributed by atoms with Crippen LogP contribution in [0.1, 0.15) is 13.3 Å². The molecule has 1 atom stereocenters. The average molecular weight is 141 g/mol. The lowest BCUT2D eigenvalue weighted by atomic mass is 10.2. The number of carbonyl (C=O) groups is 1. The van der Waals surface area contributed by atoms with E-state index in [1.807, 2.05) is 13.0 Å². The summed E-state index contributed by atoms with van der Waals surface area (Å²) in [5.74, 6) is -0.436. The van der Waals surface area contributed by atoms with Crippen LogP contribution in [0.5, 0.6) is 0 Å². The Bertz CT molecular complexity index is 150. The van der Waals surface area contributed by atoms with Gasteiger partial charge in [-0.2, -0.15) is 5.26 Å². The van der Waals surface area contributed by atoms with Gasteiger partial charge in [-0.25, -0.2) is 0 Å². The molecule has 0 heterocycles. The standard InChI is InChI=1S/C6H11N3O/c1-2-5(3-7)9-4-6(8)10/h5,9H,2,4H2,1H3,(H2,8,10). The first-order chi connectivity index (χ1) is 4.70. The second-order valence-corrected chi connectivity index (χ2v) is 1.94. The summed E-state index contributed by atoms with van der Waals surface area (Å²) in [6.07, 6.45) is 0.684. The lowest BCUT2D eigenvalue weighted by Crippen LogP contribution is -2.35. The fourth-order valence-corrected chi connectivity index (χ4v) is 0.505. The molecule has 1 amide bonds. The summed E-state index contributed by atoms with van der Waals surface area (Å²) in [7, 11) is 0. The molecule has 0 aromatic heterocycles. The minimum absolute atomic E-state index is 0.0755. The third-order valence-corrected chi connectivity index (χ3v) is 1.09. The topological polar surface area (TPSA) is 78.9 Å². The van der Waals surface area contributed by atoms with E-state index in [-0.39, 0.29) is 12.6 Å². The van der Waals surface area contributed by atoms with E-state index in [4.69, 9.17) is 11.0 Å². The molecular weight excluding hydrogens is 130 g/mol. The van der Waals surface area contributed by atoms with E-state index >= 15 is 0 Å². The number of hydrogen-bond acceptors (Lipinski definition) is 3. The summed E-state index contributed by atoms with van der Waals surface area (Å²) in [4.78, 5) is 10.2. The molecule has 0 bridgehead atoms. The molecule has 0 fully saturated rings. The Labute approximate surface area is 60.0 Å². The Morgan fingerprint density at radius 2 is 2.50 bits per heavy atom. The zero-order valence-electron chi connectivity index (χ0n) is 5.92. The molecule has 0 aliphatic carbocycles. The maximum atomic E-state index is 10.2. The van der Waals surface area contributed by atoms with Crippen molar-refractivity contribution in [2.45, 2.75) is 19.4 Å². The predicted molar refractivity (Wildman–Crippen MR) is 36.9 cm³/mol. The molecule has 0 saturated heterocycles. The molecule has 0 aromatic rings. The smallest absolute Gasteiger partial charge is 0.231 e. The molecule has 4 heteroatoms. The van der Waals surface area contributed by atoms with Crippen LogP contribution in [-0.4, -0.2) is 18.5 Å². The van der Waals surface area contributed by atoms with Gasteiger partial charge in [-0.3, -0.25) is 10.1 Å². The van der Waals surface area contributed by atoms with Crippen LogP contribution in [0.2, 0.25) is 0 Å². The van der Waals surface area contributed by atoms with Crippen molar-refractivity contribution in [3.8, 4) is 6.07 Å². The van der Waals surface area contributed by atoms with Gasteiger partial charge < -0.3 is 5.73 Å². The van der Waals surface area contributed by atoms with Crippen LogP contribution in [0.4, 0.5) is 0 Å². The largest absolute Gasteiger partial charge is 0.369 e. The Hall–Kier alpha value is -1.08. The minimum Gasteiger partial charge on any atom is -0.369 e. The number of nitrogens with zero attached hydrogens (tertiary/aromatic N) is 1. The van der Waals surface area contributed by atoms with Gasteiger partial charge in [0.25, 0.3) is 0 Å². The summed E-state index contributed by atoms with van der Waals surface area (Å²) in [5.41, 5.74) is 4.84. The van der Waals surface area contributed by atoms with Crippen LogP contribution in [0.15, 0.2) is 0 Å². The Morgan fingerprint density at radius 3 is 2.80 bits per heavy atom. The minimum atomic E-state index is -0.436. The van der Waals surface area contributed by atoms with E-state index in [0.717, 1.165) is 0 Å². The van der Waals surface area contributed by atoms with E-state index in [1.165, 1.54) is 0 Å². The first kappa shape index (κ1) is 8.92. The van der Waals surface area contributed by atoms with Crippen molar-refractivity contribution < 1.29 is 4.79 Å². The Kier molecular flexibility index (Phi) is 4.25. The van der Waals surface area contributed by atoms with Crippen molar-refractivity contribution in [1.82, 2.24) is 5.32 Å². The van der Waals surface area contributed by atoms with Gasteiger partial charge in [0.2, 0.25) is 5.91 Å². The average Bonchev–Trinajstić information content (AvgIpc) is 1.90. The second-order valence-electron chi connectivity index (χ2n) is 1.94. The van der Waals surface area contributed by atoms with Gasteiger partial charge in [0.15, 0.2) is 0 Å². The molecule has 0 aliphatic rings. The third kappa shape index (κ3) is 3.87. The van der Waals surface area contributed by atoms with Crippen LogP contribution in [0, 0.1) is 11.3 Å². The van der Waals surface area contributed by atoms with Gasteiger partial charge >= 0.3 is 0 Å². The van der Waals surface area contributed by atoms with Crippen LogP contribution in [-0.2, 0) is 4.79 Å². The van der Waals surface area contributed by atoms with Crippen molar-refractivity contribution in [3.63, 3.8) is 0 Å². The van der Waals surface area contributed by atoms with Gasteiger partial charge in [-0.1, -0.05) is 6.92 Å². The summed E-state index contributed by atoms with van der Waals surface area (Å²) < 4.78 is 0. The van der Waals surface area contributed by atoms with Crippen molar-refractivity contribution in [3.05, 3.63) is 0 Å². The molecule has 0 saturated carbocycles. The summed E-state index contributed by atoms with van der Waals surface area (Å²) in [6.45, 7) is 1.94. The predicted octanol–water partition coefficient (Wildman–Crippen LogP) is -0.637. The molecule has 0 aliphatic heterocycles. The Balaban J connectivity index is 3.47. The lowest BCUT2D eigenvalue weighted by molar-refractivity contribution is -0.117. The highest BCUT2D eigenvalue weighted by atomic mass is 16.1. The van der Waals surface area contributed by atoms with Crippen LogP contribution < -0.4 is 11.1 Å². The number of rotatable bonds is 4. The molecule has 3 N–H and O–H groups in total. The monoisotopic (exact) mass is 141 g/mol. The van der Waals surface area contributed by atoms with Crippen molar-refractivity contribution in [2.24, 2.45) is 5.73 Å². The lowest BCUT2D eigenvalue weighted by Gasteiger charge is -2.04. The second kappa shape index (κ2) is 4.77. The zero-order chi connectivity index (χ0) is 7.98. The number of nitrogens with one attached hydrogen (secondary N) is 1. The first-order valence-corrected chi connectivity index (χ1v) is 3.12. The van der Waals surface area contributed by atoms with Crippen molar-refractivity contribution in [2.75, 3.05) is 6.54 Å². The van der Waals surface area contributed by atoms with Gasteiger partial charge in [0, 0.05) is 0 Å². The van der Waals surface area contributed by atoms with Crippen molar-refractivity contribution >= 4 is 5.91 Å². The number of carbonyl (C=O) groups excluding carboxylic acids is 1. The highest BCUT2D eigenvalue weighted by Crippen LogP contribution is 1.85. The molecule has 1 unspecified atom stereocenters.